The van der Waals surface area contributed by atoms with E-state index in [1.54, 1.807) is 24.3 Å². The number of amides is 3. The highest BCUT2D eigenvalue weighted by Crippen LogP contribution is 2.32. The number of rotatable bonds is 10. The number of carbonyl (C=O) groups excluding carboxylic acids is 3. The molecule has 3 aromatic carbocycles. The number of anilines is 2. The van der Waals surface area contributed by atoms with E-state index in [0.29, 0.717) is 11.8 Å². The maximum atomic E-state index is 14.1. The lowest BCUT2D eigenvalue weighted by Crippen LogP contribution is -2.29. The fourth-order valence-corrected chi connectivity index (χ4v) is 4.12. The molecule has 13 heteroatoms. The number of halogens is 6. The van der Waals surface area contributed by atoms with E-state index in [1.807, 2.05) is 0 Å². The van der Waals surface area contributed by atoms with Crippen LogP contribution in [-0.4, -0.2) is 31.0 Å². The van der Waals surface area contributed by atoms with Crippen molar-refractivity contribution in [3.8, 4) is 5.75 Å². The molecule has 0 atom stereocenters. The molecule has 43 heavy (non-hydrogen) atoms. The van der Waals surface area contributed by atoms with Gasteiger partial charge in [0.05, 0.1) is 34.4 Å². The predicted octanol–water partition coefficient (Wildman–Crippen LogP) is 7.76. The molecule has 0 radical (unpaired) electrons. The average molecular weight is 681 g/mol. The number of hydrogen-bond donors (Lipinski definition) is 3. The summed E-state index contributed by atoms with van der Waals surface area (Å²) in [5.41, 5.74) is -1.89. The Bertz CT molecular complexity index is 1620. The van der Waals surface area contributed by atoms with Crippen LogP contribution in [0.15, 0.2) is 101 Å². The zero-order valence-electron chi connectivity index (χ0n) is 22.4. The first-order chi connectivity index (χ1) is 20.2. The largest absolute Gasteiger partial charge is 0.496 e. The van der Waals surface area contributed by atoms with Crippen molar-refractivity contribution in [2.45, 2.75) is 12.7 Å². The van der Waals surface area contributed by atoms with Crippen molar-refractivity contribution < 1.29 is 36.7 Å². The number of alkyl halides is 3. The van der Waals surface area contributed by atoms with Gasteiger partial charge in [-0.15, -0.1) is 0 Å². The first-order valence-electron chi connectivity index (χ1n) is 12.2. The van der Waals surface area contributed by atoms with Crippen molar-refractivity contribution in [1.29, 1.82) is 0 Å². The highest BCUT2D eigenvalue weighted by Gasteiger charge is 2.38. The Hall–Kier alpha value is -4.42. The first-order valence-corrected chi connectivity index (χ1v) is 13.3. The van der Waals surface area contributed by atoms with Crippen LogP contribution in [0.4, 0.5) is 28.9 Å². The van der Waals surface area contributed by atoms with Crippen molar-refractivity contribution in [3.63, 3.8) is 0 Å². The minimum atomic E-state index is -5.06. The molecule has 3 N–H and O–H groups in total. The van der Waals surface area contributed by atoms with E-state index in [9.17, 15) is 31.9 Å². The second kappa shape index (κ2) is 14.2. The fraction of sp³-hybridized carbons (Fsp3) is 0.100. The van der Waals surface area contributed by atoms with Crippen molar-refractivity contribution in [3.05, 3.63) is 123 Å². The third-order valence-corrected chi connectivity index (χ3v) is 6.68. The van der Waals surface area contributed by atoms with Gasteiger partial charge in [-0.2, -0.15) is 13.2 Å². The topological polar surface area (TPSA) is 96.5 Å². The monoisotopic (exact) mass is 679 g/mol. The van der Waals surface area contributed by atoms with Crippen molar-refractivity contribution in [1.82, 2.24) is 5.32 Å². The Balaban J connectivity index is 1.78. The summed E-state index contributed by atoms with van der Waals surface area (Å²) in [4.78, 5) is 38.5. The van der Waals surface area contributed by atoms with Gasteiger partial charge < -0.3 is 20.7 Å². The van der Waals surface area contributed by atoms with Crippen molar-refractivity contribution in [2.75, 3.05) is 17.7 Å². The first kappa shape index (κ1) is 33.1. The fourth-order valence-electron chi connectivity index (χ4n) is 3.65. The van der Waals surface area contributed by atoms with E-state index in [2.05, 4.69) is 45.0 Å². The van der Waals surface area contributed by atoms with Gasteiger partial charge in [0.2, 0.25) is 0 Å². The molecule has 0 saturated heterocycles. The second-order valence-electron chi connectivity index (χ2n) is 8.73. The van der Waals surface area contributed by atoms with Gasteiger partial charge in [-0.25, -0.2) is 4.39 Å². The molecule has 0 aromatic heterocycles. The van der Waals surface area contributed by atoms with Crippen molar-refractivity contribution in [2.24, 2.45) is 0 Å². The molecule has 7 nitrogen and oxygen atoms in total. The predicted molar refractivity (Wildman–Crippen MR) is 160 cm³/mol. The van der Waals surface area contributed by atoms with E-state index >= 15 is 0 Å². The summed E-state index contributed by atoms with van der Waals surface area (Å²) in [6, 6.07) is 15.3. The molecule has 0 spiro atoms. The van der Waals surface area contributed by atoms with Crippen LogP contribution in [0.2, 0.25) is 5.02 Å². The van der Waals surface area contributed by atoms with Gasteiger partial charge >= 0.3 is 6.18 Å². The van der Waals surface area contributed by atoms with Crippen LogP contribution >= 0.6 is 27.5 Å². The smallest absolute Gasteiger partial charge is 0.416 e. The number of carbonyl (C=O) groups is 3. The van der Waals surface area contributed by atoms with E-state index in [4.69, 9.17) is 16.3 Å². The molecular formula is C30H23BrClF4N3O4. The molecule has 3 rings (SSSR count). The molecule has 224 valence electrons. The van der Waals surface area contributed by atoms with Crippen LogP contribution in [0.5, 0.6) is 5.75 Å². The van der Waals surface area contributed by atoms with Gasteiger partial charge in [0.1, 0.15) is 11.6 Å². The van der Waals surface area contributed by atoms with Gasteiger partial charge in [0, 0.05) is 22.4 Å². The highest BCUT2D eigenvalue weighted by molar-refractivity contribution is 9.10. The molecule has 0 aliphatic heterocycles. The Morgan fingerprint density at radius 1 is 0.953 bits per heavy atom. The summed E-state index contributed by atoms with van der Waals surface area (Å²) in [6.45, 7) is 5.46. The molecule has 0 fully saturated rings. The van der Waals surface area contributed by atoms with E-state index in [1.165, 1.54) is 43.5 Å². The van der Waals surface area contributed by atoms with Crippen LogP contribution in [0, 0.1) is 0 Å². The standard InChI is InChI=1S/C30H23BrClF4N3O4/c1-4-24(33)26(16(2)30(34,35)36)29(42)37-15-17-5-11-23(32)21(13-17)27(40)39-20-10-12-25(43-3)22(14-20)28(41)38-19-8-6-18(31)7-9-19/h4-14H,1-2,15H2,3H3,(H,37,42)(H,38,41)(H,39,40)/b26-24-. The molecule has 0 aliphatic rings. The van der Waals surface area contributed by atoms with Gasteiger partial charge in [-0.05, 0) is 66.2 Å². The zero-order valence-corrected chi connectivity index (χ0v) is 24.7. The number of nitrogens with one attached hydrogen (secondary N) is 3. The average Bonchev–Trinajstić information content (AvgIpc) is 2.97. The molecular weight excluding hydrogens is 658 g/mol. The van der Waals surface area contributed by atoms with Gasteiger partial charge in [0.15, 0.2) is 0 Å². The minimum absolute atomic E-state index is 0.0260. The van der Waals surface area contributed by atoms with Crippen LogP contribution in [0.3, 0.4) is 0 Å². The normalized spacial score (nSPS) is 11.6. The summed E-state index contributed by atoms with van der Waals surface area (Å²) < 4.78 is 59.5. The number of ether oxygens (including phenoxy) is 1. The van der Waals surface area contributed by atoms with Gasteiger partial charge in [-0.1, -0.05) is 46.8 Å². The Morgan fingerprint density at radius 2 is 1.56 bits per heavy atom. The van der Waals surface area contributed by atoms with Crippen molar-refractivity contribution >= 4 is 56.6 Å². The van der Waals surface area contributed by atoms with Gasteiger partial charge in [-0.3, -0.25) is 14.4 Å². The number of methoxy groups -OCH3 is 1. The lowest BCUT2D eigenvalue weighted by molar-refractivity contribution is -0.120. The number of benzene rings is 3. The summed E-state index contributed by atoms with van der Waals surface area (Å²) >= 11 is 9.53. The molecule has 0 saturated carbocycles. The lowest BCUT2D eigenvalue weighted by atomic mass is 10.0. The maximum absolute atomic E-state index is 14.1. The van der Waals surface area contributed by atoms with Gasteiger partial charge in [0.25, 0.3) is 17.7 Å². The van der Waals surface area contributed by atoms with Crippen LogP contribution in [-0.2, 0) is 11.3 Å². The van der Waals surface area contributed by atoms with E-state index < -0.39 is 40.9 Å². The lowest BCUT2D eigenvalue weighted by Gasteiger charge is -2.15. The maximum Gasteiger partial charge on any atom is 0.416 e. The quantitative estimate of drug-likeness (QED) is 0.116. The molecule has 3 amide bonds. The Labute approximate surface area is 257 Å². The highest BCUT2D eigenvalue weighted by atomic mass is 79.9. The minimum Gasteiger partial charge on any atom is -0.496 e. The summed E-state index contributed by atoms with van der Waals surface area (Å²) in [7, 11) is 1.39. The summed E-state index contributed by atoms with van der Waals surface area (Å²) in [5.74, 6) is -3.82. The zero-order chi connectivity index (χ0) is 31.9. The third-order valence-electron chi connectivity index (χ3n) is 5.82. The Kier molecular flexibility index (Phi) is 10.9. The van der Waals surface area contributed by atoms with E-state index in [0.717, 1.165) is 4.47 Å². The summed E-state index contributed by atoms with van der Waals surface area (Å²) in [5, 5.41) is 7.56. The van der Waals surface area contributed by atoms with Crippen LogP contribution in [0.1, 0.15) is 26.3 Å². The van der Waals surface area contributed by atoms with Crippen LogP contribution in [0.25, 0.3) is 0 Å². The molecule has 0 unspecified atom stereocenters. The molecule has 3 aromatic rings. The molecule has 0 aliphatic carbocycles. The third kappa shape index (κ3) is 8.55. The number of hydrogen-bond acceptors (Lipinski definition) is 4. The summed E-state index contributed by atoms with van der Waals surface area (Å²) in [6.07, 6.45) is -4.59. The SMILES string of the molecule is C=C/C(F)=C(\C(=C)C(F)(F)F)C(=O)NCc1ccc(Cl)c(C(=O)Nc2ccc(OC)c(C(=O)Nc3ccc(Br)cc3)c2)c1. The Morgan fingerprint density at radius 3 is 2.16 bits per heavy atom. The van der Waals surface area contributed by atoms with E-state index in [-0.39, 0.29) is 39.7 Å². The number of allylic oxidation sites excluding steroid dienone is 2. The molecule has 0 heterocycles. The molecule has 0 bridgehead atoms. The van der Waals surface area contributed by atoms with Crippen LogP contribution < -0.4 is 20.7 Å². The second-order valence-corrected chi connectivity index (χ2v) is 10.1.